The van der Waals surface area contributed by atoms with Gasteiger partial charge in [-0.2, -0.15) is 0 Å². The van der Waals surface area contributed by atoms with Crippen LogP contribution in [0.3, 0.4) is 0 Å². The molecule has 11 heteroatoms. The van der Waals surface area contributed by atoms with Crippen molar-refractivity contribution in [2.45, 2.75) is 54.2 Å². The van der Waals surface area contributed by atoms with Gasteiger partial charge < -0.3 is 4.90 Å². The van der Waals surface area contributed by atoms with Gasteiger partial charge in [0.25, 0.3) is 26.0 Å². The Balaban J connectivity index is 1.53. The van der Waals surface area contributed by atoms with E-state index in [0.29, 0.717) is 29.2 Å². The van der Waals surface area contributed by atoms with Crippen LogP contribution in [0.1, 0.15) is 47.2 Å². The minimum absolute atomic E-state index is 0.0000734. The topological polar surface area (TPSA) is 113 Å². The SMILES string of the molecule is CSc1ccc(S(=O)(=O)Nc2ccc(S(=O)(=O)Nc3ccc(C)cc3C)cc2)cc1C(=O)N1CCCCCC1. The number of carbonyl (C=O) groups is 1. The van der Waals surface area contributed by atoms with Crippen LogP contribution in [0.2, 0.25) is 0 Å². The number of hydrogen-bond donors (Lipinski definition) is 2. The Morgan fingerprint density at radius 3 is 2.00 bits per heavy atom. The molecule has 4 rings (SSSR count). The van der Waals surface area contributed by atoms with Crippen molar-refractivity contribution in [2.24, 2.45) is 0 Å². The number of amides is 1. The molecule has 1 aliphatic rings. The average Bonchev–Trinajstić information content (AvgIpc) is 3.19. The van der Waals surface area contributed by atoms with Crippen LogP contribution in [0.5, 0.6) is 0 Å². The monoisotopic (exact) mass is 587 g/mol. The van der Waals surface area contributed by atoms with Gasteiger partial charge in [0.15, 0.2) is 0 Å². The van der Waals surface area contributed by atoms with Crippen LogP contribution in [0, 0.1) is 13.8 Å². The molecule has 1 heterocycles. The molecule has 1 amide bonds. The number of hydrogen-bond acceptors (Lipinski definition) is 6. The summed E-state index contributed by atoms with van der Waals surface area (Å²) in [5, 5.41) is 0. The molecule has 39 heavy (non-hydrogen) atoms. The number of thioether (sulfide) groups is 1. The van der Waals surface area contributed by atoms with Crippen molar-refractivity contribution < 1.29 is 21.6 Å². The molecule has 208 valence electrons. The number of carbonyl (C=O) groups excluding carboxylic acids is 1. The molecule has 0 radical (unpaired) electrons. The van der Waals surface area contributed by atoms with Crippen molar-refractivity contribution in [3.63, 3.8) is 0 Å². The van der Waals surface area contributed by atoms with Gasteiger partial charge in [0, 0.05) is 23.7 Å². The normalized spacial score (nSPS) is 14.5. The van der Waals surface area contributed by atoms with E-state index in [1.165, 1.54) is 48.2 Å². The molecule has 0 aliphatic carbocycles. The third kappa shape index (κ3) is 6.95. The van der Waals surface area contributed by atoms with Gasteiger partial charge in [-0.05, 0) is 87.0 Å². The van der Waals surface area contributed by atoms with Crippen LogP contribution in [0.25, 0.3) is 0 Å². The standard InChI is InChI=1S/C28H33N3O5S3/c1-20-8-14-26(21(2)18-20)30-38(33,34)23-11-9-22(10-12-23)29-39(35,36)24-13-15-27(37-3)25(19-24)28(32)31-16-6-4-5-7-17-31/h8-15,18-19,29-30H,4-7,16-17H2,1-3H3. The smallest absolute Gasteiger partial charge is 0.261 e. The zero-order valence-electron chi connectivity index (χ0n) is 22.2. The first-order valence-corrected chi connectivity index (χ1v) is 16.9. The Hall–Kier alpha value is -3.02. The lowest BCUT2D eigenvalue weighted by molar-refractivity contribution is 0.0758. The number of aryl methyl sites for hydroxylation is 2. The second kappa shape index (κ2) is 12.0. The summed E-state index contributed by atoms with van der Waals surface area (Å²) >= 11 is 1.40. The molecular weight excluding hydrogens is 555 g/mol. The lowest BCUT2D eigenvalue weighted by Gasteiger charge is -2.22. The molecule has 3 aromatic rings. The van der Waals surface area contributed by atoms with E-state index in [9.17, 15) is 21.6 Å². The van der Waals surface area contributed by atoms with Gasteiger partial charge in [-0.3, -0.25) is 14.2 Å². The molecule has 2 N–H and O–H groups in total. The highest BCUT2D eigenvalue weighted by atomic mass is 32.2. The minimum Gasteiger partial charge on any atom is -0.339 e. The zero-order chi connectivity index (χ0) is 28.2. The van der Waals surface area contributed by atoms with E-state index >= 15 is 0 Å². The molecule has 3 aromatic carbocycles. The van der Waals surface area contributed by atoms with Crippen molar-refractivity contribution in [3.8, 4) is 0 Å². The second-order valence-corrected chi connectivity index (χ2v) is 13.8. The van der Waals surface area contributed by atoms with Crippen LogP contribution in [-0.4, -0.2) is 47.0 Å². The second-order valence-electron chi connectivity index (χ2n) is 9.62. The maximum absolute atomic E-state index is 13.3. The number of anilines is 2. The maximum Gasteiger partial charge on any atom is 0.261 e. The van der Waals surface area contributed by atoms with Crippen molar-refractivity contribution in [1.29, 1.82) is 0 Å². The van der Waals surface area contributed by atoms with Gasteiger partial charge in [0.05, 0.1) is 21.0 Å². The highest BCUT2D eigenvalue weighted by Gasteiger charge is 2.24. The summed E-state index contributed by atoms with van der Waals surface area (Å²) in [6.45, 7) is 5.07. The molecule has 0 bridgehead atoms. The van der Waals surface area contributed by atoms with Gasteiger partial charge in [0.1, 0.15) is 0 Å². The zero-order valence-corrected chi connectivity index (χ0v) is 24.7. The van der Waals surface area contributed by atoms with Gasteiger partial charge >= 0.3 is 0 Å². The molecular formula is C28H33N3O5S3. The highest BCUT2D eigenvalue weighted by Crippen LogP contribution is 2.28. The summed E-state index contributed by atoms with van der Waals surface area (Å²) < 4.78 is 57.3. The number of sulfonamides is 2. The van der Waals surface area contributed by atoms with Crippen molar-refractivity contribution in [2.75, 3.05) is 28.8 Å². The third-order valence-electron chi connectivity index (χ3n) is 6.65. The molecule has 1 aliphatic heterocycles. The van der Waals surface area contributed by atoms with E-state index < -0.39 is 20.0 Å². The fraction of sp³-hybridized carbons (Fsp3) is 0.321. The largest absolute Gasteiger partial charge is 0.339 e. The first-order chi connectivity index (χ1) is 18.5. The van der Waals surface area contributed by atoms with E-state index in [4.69, 9.17) is 0 Å². The van der Waals surface area contributed by atoms with Crippen LogP contribution in [0.15, 0.2) is 75.4 Å². The summed E-state index contributed by atoms with van der Waals surface area (Å²) in [7, 11) is -7.90. The summed E-state index contributed by atoms with van der Waals surface area (Å²) in [6, 6.07) is 15.4. The number of benzene rings is 3. The Bertz CT molecular complexity index is 1560. The van der Waals surface area contributed by atoms with Crippen LogP contribution < -0.4 is 9.44 Å². The number of nitrogens with zero attached hydrogens (tertiary/aromatic N) is 1. The van der Waals surface area contributed by atoms with Gasteiger partial charge in [-0.25, -0.2) is 16.8 Å². The Morgan fingerprint density at radius 2 is 1.38 bits per heavy atom. The van der Waals surface area contributed by atoms with Crippen molar-refractivity contribution in [3.05, 3.63) is 77.4 Å². The van der Waals surface area contributed by atoms with Gasteiger partial charge in [-0.1, -0.05) is 30.5 Å². The summed E-state index contributed by atoms with van der Waals surface area (Å²) in [5.74, 6) is -0.163. The van der Waals surface area contributed by atoms with E-state index in [1.807, 2.05) is 32.2 Å². The molecule has 1 saturated heterocycles. The summed E-state index contributed by atoms with van der Waals surface area (Å²) in [4.78, 5) is 15.8. The highest BCUT2D eigenvalue weighted by molar-refractivity contribution is 7.98. The van der Waals surface area contributed by atoms with E-state index in [-0.39, 0.29) is 21.4 Å². The van der Waals surface area contributed by atoms with Gasteiger partial charge in [0.2, 0.25) is 0 Å². The number of likely N-dealkylation sites (tertiary alicyclic amines) is 1. The fourth-order valence-electron chi connectivity index (χ4n) is 4.51. The van der Waals surface area contributed by atoms with E-state index in [0.717, 1.165) is 36.8 Å². The minimum atomic E-state index is -4.03. The first-order valence-electron chi connectivity index (χ1n) is 12.7. The van der Waals surface area contributed by atoms with Crippen molar-refractivity contribution in [1.82, 2.24) is 4.90 Å². The molecule has 1 fully saturated rings. The fourth-order valence-corrected chi connectivity index (χ4v) is 7.30. The molecule has 0 aromatic heterocycles. The lowest BCUT2D eigenvalue weighted by atomic mass is 10.1. The quantitative estimate of drug-likeness (QED) is 0.330. The van der Waals surface area contributed by atoms with Crippen LogP contribution in [-0.2, 0) is 20.0 Å². The molecule has 0 atom stereocenters. The Morgan fingerprint density at radius 1 is 0.769 bits per heavy atom. The summed E-state index contributed by atoms with van der Waals surface area (Å²) in [6.07, 6.45) is 5.89. The predicted octanol–water partition coefficient (Wildman–Crippen LogP) is 5.64. The van der Waals surface area contributed by atoms with Gasteiger partial charge in [-0.15, -0.1) is 11.8 Å². The van der Waals surface area contributed by atoms with E-state index in [1.54, 1.807) is 17.0 Å². The third-order valence-corrected chi connectivity index (χ3v) is 10.2. The number of rotatable bonds is 8. The van der Waals surface area contributed by atoms with Crippen LogP contribution in [0.4, 0.5) is 11.4 Å². The molecule has 0 saturated carbocycles. The molecule has 0 unspecified atom stereocenters. The Labute approximate surface area is 235 Å². The van der Waals surface area contributed by atoms with Crippen LogP contribution >= 0.6 is 11.8 Å². The summed E-state index contributed by atoms with van der Waals surface area (Å²) in [5.41, 5.74) is 2.86. The van der Waals surface area contributed by atoms with Crippen molar-refractivity contribution >= 4 is 49.1 Å². The predicted molar refractivity (Wildman–Crippen MR) is 157 cm³/mol. The maximum atomic E-state index is 13.3. The lowest BCUT2D eigenvalue weighted by Crippen LogP contribution is -2.32. The average molecular weight is 588 g/mol. The number of nitrogens with one attached hydrogen (secondary N) is 2. The van der Waals surface area contributed by atoms with E-state index in [2.05, 4.69) is 9.44 Å². The molecule has 0 spiro atoms. The molecule has 8 nitrogen and oxygen atoms in total. The Kier molecular flexibility index (Phi) is 8.93. The first kappa shape index (κ1) is 29.0.